The molecule has 0 saturated heterocycles. The molecule has 0 aliphatic rings. The highest BCUT2D eigenvalue weighted by atomic mass is 79.9. The summed E-state index contributed by atoms with van der Waals surface area (Å²) in [4.78, 5) is 0.903. The Morgan fingerprint density at radius 1 is 1.42 bits per heavy atom. The van der Waals surface area contributed by atoms with Crippen molar-refractivity contribution in [2.45, 2.75) is 4.90 Å². The average molecular weight is 250 g/mol. The Bertz CT molecular complexity index is 278. The van der Waals surface area contributed by atoms with Crippen LogP contribution in [0.5, 0.6) is 0 Å². The first-order chi connectivity index (χ1) is 5.59. The van der Waals surface area contributed by atoms with Crippen molar-refractivity contribution in [2.75, 3.05) is 14.1 Å². The van der Waals surface area contributed by atoms with Gasteiger partial charge in [-0.2, -0.15) is 0 Å². The summed E-state index contributed by atoms with van der Waals surface area (Å²) in [5.74, 6) is -0.221. The molecule has 0 fully saturated rings. The molecule has 0 N–H and O–H groups in total. The number of hydrogen-bond acceptors (Lipinski definition) is 2. The summed E-state index contributed by atoms with van der Waals surface area (Å²) in [5.41, 5.74) is 0. The van der Waals surface area contributed by atoms with Gasteiger partial charge < -0.3 is 0 Å². The van der Waals surface area contributed by atoms with Gasteiger partial charge >= 0.3 is 0 Å². The first-order valence-electron chi connectivity index (χ1n) is 3.40. The normalized spacial score (nSPS) is 10.8. The summed E-state index contributed by atoms with van der Waals surface area (Å²) < 4.78 is 15.4. The predicted molar refractivity (Wildman–Crippen MR) is 53.6 cm³/mol. The summed E-state index contributed by atoms with van der Waals surface area (Å²) in [6.07, 6.45) is 0. The lowest BCUT2D eigenvalue weighted by atomic mass is 10.3. The van der Waals surface area contributed by atoms with Crippen molar-refractivity contribution in [3.8, 4) is 0 Å². The van der Waals surface area contributed by atoms with Gasteiger partial charge in [0.25, 0.3) is 0 Å². The molecule has 4 heteroatoms. The van der Waals surface area contributed by atoms with Gasteiger partial charge in [0.1, 0.15) is 5.82 Å². The largest absolute Gasteiger partial charge is 0.253 e. The minimum Gasteiger partial charge on any atom is -0.253 e. The summed E-state index contributed by atoms with van der Waals surface area (Å²) in [6, 6.07) is 5.09. The van der Waals surface area contributed by atoms with E-state index in [1.165, 1.54) is 18.0 Å². The van der Waals surface area contributed by atoms with Crippen LogP contribution in [-0.2, 0) is 0 Å². The Morgan fingerprint density at radius 2 is 2.08 bits per heavy atom. The molecule has 1 rings (SSSR count). The topological polar surface area (TPSA) is 3.24 Å². The second-order valence-corrected chi connectivity index (χ2v) is 4.72. The summed E-state index contributed by atoms with van der Waals surface area (Å²) >= 11 is 4.59. The third-order valence-corrected chi connectivity index (χ3v) is 2.65. The number of hydrogen-bond donors (Lipinski definition) is 0. The third kappa shape index (κ3) is 2.77. The monoisotopic (exact) mass is 249 g/mol. The summed E-state index contributed by atoms with van der Waals surface area (Å²) in [7, 11) is 3.84. The van der Waals surface area contributed by atoms with Crippen molar-refractivity contribution in [1.82, 2.24) is 4.31 Å². The zero-order valence-corrected chi connectivity index (χ0v) is 9.25. The Morgan fingerprint density at radius 3 is 2.58 bits per heavy atom. The highest BCUT2D eigenvalue weighted by Gasteiger charge is 2.01. The van der Waals surface area contributed by atoms with Gasteiger partial charge in [-0.15, -0.1) is 0 Å². The number of nitrogens with zero attached hydrogens (tertiary/aromatic N) is 1. The Kier molecular flexibility index (Phi) is 3.55. The zero-order valence-electron chi connectivity index (χ0n) is 6.84. The first kappa shape index (κ1) is 10.0. The molecule has 0 radical (unpaired) electrons. The molecular weight excluding hydrogens is 241 g/mol. The smallest absolute Gasteiger partial charge is 0.138 e. The zero-order chi connectivity index (χ0) is 9.14. The van der Waals surface area contributed by atoms with Crippen LogP contribution in [-0.4, -0.2) is 18.4 Å². The molecule has 0 atom stereocenters. The van der Waals surface area contributed by atoms with E-state index in [-0.39, 0.29) is 5.82 Å². The minimum absolute atomic E-state index is 0.221. The lowest BCUT2D eigenvalue weighted by Gasteiger charge is -2.08. The minimum atomic E-state index is -0.221. The molecule has 0 unspecified atom stereocenters. The van der Waals surface area contributed by atoms with E-state index in [9.17, 15) is 4.39 Å². The van der Waals surface area contributed by atoms with Crippen LogP contribution in [0.1, 0.15) is 0 Å². The highest BCUT2D eigenvalue weighted by molar-refractivity contribution is 9.10. The summed E-state index contributed by atoms with van der Waals surface area (Å²) in [6.45, 7) is 0. The van der Waals surface area contributed by atoms with Gasteiger partial charge in [-0.05, 0) is 60.2 Å². The van der Waals surface area contributed by atoms with E-state index >= 15 is 0 Å². The molecule has 0 spiro atoms. The van der Waals surface area contributed by atoms with E-state index in [1.807, 2.05) is 24.5 Å². The van der Waals surface area contributed by atoms with Crippen LogP contribution in [0.4, 0.5) is 4.39 Å². The van der Waals surface area contributed by atoms with Crippen molar-refractivity contribution >= 4 is 27.9 Å². The highest BCUT2D eigenvalue weighted by Crippen LogP contribution is 2.24. The molecule has 0 aliphatic carbocycles. The second kappa shape index (κ2) is 4.25. The fourth-order valence-corrected chi connectivity index (χ4v) is 1.70. The lowest BCUT2D eigenvalue weighted by Crippen LogP contribution is -1.98. The fourth-order valence-electron chi connectivity index (χ4n) is 0.744. The Hall–Kier alpha value is -0.0600. The standard InChI is InChI=1S/C8H9BrFNS/c1-11(2)12-6-3-4-7(9)8(10)5-6/h3-5H,1-2H3. The Labute approximate surface area is 84.2 Å². The molecule has 0 aromatic heterocycles. The van der Waals surface area contributed by atoms with Crippen LogP contribution in [0.2, 0.25) is 0 Å². The van der Waals surface area contributed by atoms with Gasteiger partial charge in [0.2, 0.25) is 0 Å². The SMILES string of the molecule is CN(C)Sc1ccc(Br)c(F)c1. The number of benzene rings is 1. The van der Waals surface area contributed by atoms with Crippen molar-refractivity contribution in [1.29, 1.82) is 0 Å². The molecule has 0 bridgehead atoms. The molecule has 0 saturated carbocycles. The van der Waals surface area contributed by atoms with Crippen LogP contribution in [0.15, 0.2) is 27.6 Å². The molecule has 66 valence electrons. The van der Waals surface area contributed by atoms with Gasteiger partial charge in [0, 0.05) is 4.90 Å². The maximum Gasteiger partial charge on any atom is 0.138 e. The van der Waals surface area contributed by atoms with Crippen LogP contribution in [0, 0.1) is 5.82 Å². The van der Waals surface area contributed by atoms with Gasteiger partial charge in [-0.25, -0.2) is 4.39 Å². The van der Waals surface area contributed by atoms with Crippen LogP contribution >= 0.6 is 27.9 Å². The number of rotatable bonds is 2. The van der Waals surface area contributed by atoms with E-state index in [0.29, 0.717) is 4.47 Å². The van der Waals surface area contributed by atoms with E-state index in [1.54, 1.807) is 6.07 Å². The maximum atomic E-state index is 13.0. The van der Waals surface area contributed by atoms with Crippen molar-refractivity contribution in [3.05, 3.63) is 28.5 Å². The van der Waals surface area contributed by atoms with Gasteiger partial charge in [0.15, 0.2) is 0 Å². The molecule has 12 heavy (non-hydrogen) atoms. The molecule has 0 aliphatic heterocycles. The average Bonchev–Trinajstić information content (AvgIpc) is 1.96. The predicted octanol–water partition coefficient (Wildman–Crippen LogP) is 3.16. The molecule has 1 nitrogen and oxygen atoms in total. The van der Waals surface area contributed by atoms with Crippen molar-refractivity contribution < 1.29 is 4.39 Å². The summed E-state index contributed by atoms with van der Waals surface area (Å²) in [5, 5.41) is 0. The first-order valence-corrected chi connectivity index (χ1v) is 4.96. The second-order valence-electron chi connectivity index (χ2n) is 2.48. The molecule has 0 heterocycles. The Balaban J connectivity index is 2.82. The van der Waals surface area contributed by atoms with Crippen molar-refractivity contribution in [2.24, 2.45) is 0 Å². The van der Waals surface area contributed by atoms with Gasteiger partial charge in [0.05, 0.1) is 4.47 Å². The third-order valence-electron chi connectivity index (χ3n) is 1.18. The van der Waals surface area contributed by atoms with Crippen LogP contribution < -0.4 is 0 Å². The van der Waals surface area contributed by atoms with Crippen molar-refractivity contribution in [3.63, 3.8) is 0 Å². The molecule has 1 aromatic rings. The van der Waals surface area contributed by atoms with E-state index in [4.69, 9.17) is 0 Å². The van der Waals surface area contributed by atoms with Crippen LogP contribution in [0.3, 0.4) is 0 Å². The molecule has 1 aromatic carbocycles. The maximum absolute atomic E-state index is 13.0. The van der Waals surface area contributed by atoms with E-state index in [2.05, 4.69) is 15.9 Å². The van der Waals surface area contributed by atoms with E-state index in [0.717, 1.165) is 4.90 Å². The van der Waals surface area contributed by atoms with Crippen LogP contribution in [0.25, 0.3) is 0 Å². The van der Waals surface area contributed by atoms with Gasteiger partial charge in [-0.1, -0.05) is 0 Å². The fraction of sp³-hybridized carbons (Fsp3) is 0.250. The quantitative estimate of drug-likeness (QED) is 0.742. The number of halogens is 2. The lowest BCUT2D eigenvalue weighted by molar-refractivity contribution is 0.616. The van der Waals surface area contributed by atoms with Gasteiger partial charge in [-0.3, -0.25) is 4.31 Å². The van der Waals surface area contributed by atoms with E-state index < -0.39 is 0 Å². The molecule has 0 amide bonds. The molecular formula is C8H9BrFNS.